The fraction of sp³-hybridized carbons (Fsp3) is 0.333. The lowest BCUT2D eigenvalue weighted by Crippen LogP contribution is -2.15. The Bertz CT molecular complexity index is 713. The highest BCUT2D eigenvalue weighted by atomic mass is 19.4. The number of carbonyl (C=O) groups excluding carboxylic acids is 1. The molecule has 0 bridgehead atoms. The molecular weight excluding hydrogens is 332 g/mol. The van der Waals surface area contributed by atoms with Crippen LogP contribution < -0.4 is 4.74 Å². The second-order valence-corrected chi connectivity index (χ2v) is 4.77. The van der Waals surface area contributed by atoms with E-state index in [1.807, 2.05) is 0 Å². The lowest BCUT2D eigenvalue weighted by Gasteiger charge is -2.11. The molecule has 0 unspecified atom stereocenters. The van der Waals surface area contributed by atoms with Gasteiger partial charge < -0.3 is 9.47 Å². The van der Waals surface area contributed by atoms with Gasteiger partial charge in [-0.25, -0.2) is 9.07 Å². The summed E-state index contributed by atoms with van der Waals surface area (Å²) in [5, 5.41) is 3.86. The van der Waals surface area contributed by atoms with Gasteiger partial charge in [-0.15, -0.1) is 0 Å². The summed E-state index contributed by atoms with van der Waals surface area (Å²) in [5.74, 6) is -1.39. The molecule has 2 rings (SSSR count). The summed E-state index contributed by atoms with van der Waals surface area (Å²) in [6, 6.07) is 3.59. The van der Waals surface area contributed by atoms with Crippen molar-refractivity contribution in [2.45, 2.75) is 26.3 Å². The van der Waals surface area contributed by atoms with Crippen LogP contribution in [0.25, 0.3) is 0 Å². The number of alkyl halides is 3. The minimum absolute atomic E-state index is 0.00575. The van der Waals surface area contributed by atoms with Crippen molar-refractivity contribution in [2.75, 3.05) is 6.61 Å². The van der Waals surface area contributed by atoms with E-state index in [4.69, 9.17) is 9.47 Å². The second-order valence-electron chi connectivity index (χ2n) is 4.77. The van der Waals surface area contributed by atoms with Crippen molar-refractivity contribution in [3.05, 3.63) is 47.4 Å². The fourth-order valence-electron chi connectivity index (χ4n) is 1.95. The zero-order valence-electron chi connectivity index (χ0n) is 12.6. The first-order valence-electron chi connectivity index (χ1n) is 6.96. The Labute approximate surface area is 134 Å². The van der Waals surface area contributed by atoms with Crippen molar-refractivity contribution >= 4 is 5.97 Å². The molecule has 5 nitrogen and oxygen atoms in total. The zero-order chi connectivity index (χ0) is 17.7. The number of aromatic nitrogens is 2. The molecule has 0 fully saturated rings. The van der Waals surface area contributed by atoms with Gasteiger partial charge >= 0.3 is 12.1 Å². The largest absolute Gasteiger partial charge is 0.473 e. The molecule has 0 aliphatic carbocycles. The number of hydrogen-bond donors (Lipinski definition) is 0. The van der Waals surface area contributed by atoms with Crippen molar-refractivity contribution < 1.29 is 31.8 Å². The van der Waals surface area contributed by atoms with Crippen LogP contribution in [0.4, 0.5) is 17.6 Å². The summed E-state index contributed by atoms with van der Waals surface area (Å²) in [4.78, 5) is 11.4. The van der Waals surface area contributed by atoms with Crippen LogP contribution in [-0.2, 0) is 28.9 Å². The third-order valence-electron chi connectivity index (χ3n) is 2.93. The molecular formula is C15H14F4N2O3. The Hall–Kier alpha value is -2.58. The SMILES string of the molecule is CCOC(=O)Cn1nccc1OCc1cc(F)cc(C(F)(F)F)c1. The van der Waals surface area contributed by atoms with Crippen LogP contribution in [-0.4, -0.2) is 22.4 Å². The van der Waals surface area contributed by atoms with Crippen molar-refractivity contribution in [2.24, 2.45) is 0 Å². The van der Waals surface area contributed by atoms with Gasteiger partial charge in [-0.3, -0.25) is 4.79 Å². The summed E-state index contributed by atoms with van der Waals surface area (Å²) in [5.41, 5.74) is -1.09. The molecule has 0 atom stereocenters. The number of nitrogens with zero attached hydrogens (tertiary/aromatic N) is 2. The van der Waals surface area contributed by atoms with E-state index in [2.05, 4.69) is 5.10 Å². The molecule has 24 heavy (non-hydrogen) atoms. The van der Waals surface area contributed by atoms with Crippen LogP contribution in [0.5, 0.6) is 5.88 Å². The lowest BCUT2D eigenvalue weighted by atomic mass is 10.1. The molecule has 0 aliphatic rings. The lowest BCUT2D eigenvalue weighted by molar-refractivity contribution is -0.144. The van der Waals surface area contributed by atoms with Gasteiger partial charge in [0.15, 0.2) is 0 Å². The number of ether oxygens (including phenoxy) is 2. The maximum absolute atomic E-state index is 13.3. The highest BCUT2D eigenvalue weighted by Gasteiger charge is 2.31. The van der Waals surface area contributed by atoms with E-state index in [0.29, 0.717) is 6.07 Å². The summed E-state index contributed by atoms with van der Waals surface area (Å²) in [7, 11) is 0. The molecule has 1 heterocycles. The highest BCUT2D eigenvalue weighted by molar-refractivity contribution is 5.69. The molecule has 2 aromatic rings. The predicted molar refractivity (Wildman–Crippen MR) is 74.6 cm³/mol. The molecule has 0 aliphatic heterocycles. The molecule has 0 spiro atoms. The average molecular weight is 346 g/mol. The second kappa shape index (κ2) is 7.33. The molecule has 9 heteroatoms. The first-order chi connectivity index (χ1) is 11.3. The van der Waals surface area contributed by atoms with Crippen LogP contribution >= 0.6 is 0 Å². The summed E-state index contributed by atoms with van der Waals surface area (Å²) < 4.78 is 62.6. The number of halogens is 4. The Morgan fingerprint density at radius 1 is 1.29 bits per heavy atom. The van der Waals surface area contributed by atoms with Crippen molar-refractivity contribution in [3.8, 4) is 5.88 Å². The number of hydrogen-bond acceptors (Lipinski definition) is 4. The maximum Gasteiger partial charge on any atom is 0.416 e. The van der Waals surface area contributed by atoms with E-state index in [1.165, 1.54) is 16.9 Å². The van der Waals surface area contributed by atoms with Crippen molar-refractivity contribution in [1.29, 1.82) is 0 Å². The van der Waals surface area contributed by atoms with E-state index in [-0.39, 0.29) is 31.2 Å². The number of carbonyl (C=O) groups is 1. The van der Waals surface area contributed by atoms with Gasteiger partial charge in [0.25, 0.3) is 0 Å². The Balaban J connectivity index is 2.08. The van der Waals surface area contributed by atoms with E-state index in [9.17, 15) is 22.4 Å². The van der Waals surface area contributed by atoms with E-state index in [1.54, 1.807) is 6.92 Å². The smallest absolute Gasteiger partial charge is 0.416 e. The van der Waals surface area contributed by atoms with Crippen LogP contribution in [0.1, 0.15) is 18.1 Å². The van der Waals surface area contributed by atoms with Crippen molar-refractivity contribution in [3.63, 3.8) is 0 Å². The minimum atomic E-state index is -4.65. The van der Waals surface area contributed by atoms with Gasteiger partial charge in [-0.1, -0.05) is 0 Å². The van der Waals surface area contributed by atoms with Gasteiger partial charge in [-0.2, -0.15) is 18.3 Å². The maximum atomic E-state index is 13.3. The fourth-order valence-corrected chi connectivity index (χ4v) is 1.95. The molecule has 0 radical (unpaired) electrons. The van der Waals surface area contributed by atoms with Gasteiger partial charge in [-0.05, 0) is 30.7 Å². The van der Waals surface area contributed by atoms with Crippen LogP contribution in [0.3, 0.4) is 0 Å². The van der Waals surface area contributed by atoms with Crippen LogP contribution in [0.15, 0.2) is 30.5 Å². The van der Waals surface area contributed by atoms with Gasteiger partial charge in [0.1, 0.15) is 19.0 Å². The van der Waals surface area contributed by atoms with Crippen molar-refractivity contribution in [1.82, 2.24) is 9.78 Å². The zero-order valence-corrected chi connectivity index (χ0v) is 12.6. The van der Waals surface area contributed by atoms with E-state index in [0.717, 1.165) is 12.1 Å². The first-order valence-corrected chi connectivity index (χ1v) is 6.96. The topological polar surface area (TPSA) is 53.4 Å². The number of benzene rings is 1. The summed E-state index contributed by atoms with van der Waals surface area (Å²) in [6.07, 6.45) is -3.29. The summed E-state index contributed by atoms with van der Waals surface area (Å²) >= 11 is 0. The molecule has 0 saturated heterocycles. The van der Waals surface area contributed by atoms with Gasteiger partial charge in [0.05, 0.1) is 18.4 Å². The molecule has 0 N–H and O–H groups in total. The predicted octanol–water partition coefficient (Wildman–Crippen LogP) is 3.18. The Kier molecular flexibility index (Phi) is 5.42. The molecule has 130 valence electrons. The Morgan fingerprint density at radius 3 is 2.71 bits per heavy atom. The molecule has 0 saturated carbocycles. The Morgan fingerprint density at radius 2 is 2.04 bits per heavy atom. The number of rotatable bonds is 6. The minimum Gasteiger partial charge on any atom is -0.473 e. The monoisotopic (exact) mass is 346 g/mol. The summed E-state index contributed by atoms with van der Waals surface area (Å²) in [6.45, 7) is 1.35. The van der Waals surface area contributed by atoms with E-state index < -0.39 is 23.5 Å². The van der Waals surface area contributed by atoms with E-state index >= 15 is 0 Å². The average Bonchev–Trinajstić information content (AvgIpc) is 2.91. The normalized spacial score (nSPS) is 11.4. The standard InChI is InChI=1S/C15H14F4N2O3/c1-2-23-14(22)8-21-13(3-4-20-21)24-9-10-5-11(15(17,18)19)7-12(16)6-10/h3-7H,2,8-9H2,1H3. The number of esters is 1. The van der Waals surface area contributed by atoms with Crippen LogP contribution in [0.2, 0.25) is 0 Å². The molecule has 1 aromatic carbocycles. The molecule has 1 aromatic heterocycles. The third kappa shape index (κ3) is 4.71. The third-order valence-corrected chi connectivity index (χ3v) is 2.93. The van der Waals surface area contributed by atoms with Crippen LogP contribution in [0, 0.1) is 5.82 Å². The first kappa shape index (κ1) is 17.8. The van der Waals surface area contributed by atoms with Gasteiger partial charge in [0.2, 0.25) is 5.88 Å². The van der Waals surface area contributed by atoms with Gasteiger partial charge in [0, 0.05) is 6.07 Å². The quantitative estimate of drug-likeness (QED) is 0.595. The highest BCUT2D eigenvalue weighted by Crippen LogP contribution is 2.30. The molecule has 0 amide bonds.